The zero-order valence-electron chi connectivity index (χ0n) is 15.8. The molecule has 2 heterocycles. The molecule has 1 fully saturated rings. The third kappa shape index (κ3) is 4.96. The predicted octanol–water partition coefficient (Wildman–Crippen LogP) is 2.97. The van der Waals surface area contributed by atoms with Crippen LogP contribution >= 0.6 is 11.3 Å². The number of benzene rings is 1. The second-order valence-electron chi connectivity index (χ2n) is 6.99. The first-order chi connectivity index (χ1) is 13.3. The first-order valence-corrected chi connectivity index (χ1v) is 11.5. The molecule has 6 nitrogen and oxygen atoms in total. The summed E-state index contributed by atoms with van der Waals surface area (Å²) in [6.07, 6.45) is 1.25. The molecule has 28 heavy (non-hydrogen) atoms. The van der Waals surface area contributed by atoms with E-state index in [1.54, 1.807) is 43.5 Å². The van der Waals surface area contributed by atoms with Gasteiger partial charge in [0.2, 0.25) is 15.9 Å². The van der Waals surface area contributed by atoms with Crippen LogP contribution in [0.4, 0.5) is 10.1 Å². The molecule has 1 amide bonds. The van der Waals surface area contributed by atoms with E-state index < -0.39 is 10.0 Å². The van der Waals surface area contributed by atoms with Crippen LogP contribution in [0.5, 0.6) is 0 Å². The highest BCUT2D eigenvalue weighted by atomic mass is 32.2. The molecule has 2 N–H and O–H groups in total. The number of carbonyl (C=O) groups is 1. The molecule has 1 aromatic heterocycles. The van der Waals surface area contributed by atoms with Crippen LogP contribution in [0.25, 0.3) is 0 Å². The monoisotopic (exact) mass is 425 g/mol. The first kappa shape index (κ1) is 20.9. The largest absolute Gasteiger partial charge is 0.325 e. The lowest BCUT2D eigenvalue weighted by Crippen LogP contribution is -2.50. The molecule has 2 aromatic rings. The number of piperidine rings is 1. The van der Waals surface area contributed by atoms with Crippen LogP contribution in [0.3, 0.4) is 0 Å². The molecule has 0 spiro atoms. The molecule has 1 aliphatic heterocycles. The number of likely N-dealkylation sites (tertiary alicyclic amines) is 1. The van der Waals surface area contributed by atoms with E-state index in [2.05, 4.69) is 10.0 Å². The Kier molecular flexibility index (Phi) is 6.49. The second kappa shape index (κ2) is 8.69. The number of thiophene rings is 1. The highest BCUT2D eigenvalue weighted by molar-refractivity contribution is 7.91. The fourth-order valence-electron chi connectivity index (χ4n) is 3.18. The molecule has 1 aromatic carbocycles. The van der Waals surface area contributed by atoms with Gasteiger partial charge < -0.3 is 5.32 Å². The minimum absolute atomic E-state index is 0.148. The molecule has 3 rings (SSSR count). The summed E-state index contributed by atoms with van der Waals surface area (Å²) in [6, 6.07) is 7.37. The standard InChI is InChI=1S/C19H24FN3O3S2/c1-13-5-6-16(12-17(13)20)21-19(24)14(2)23-9-7-15(8-10-23)22-28(25,26)18-4-3-11-27-18/h3-6,11-12,14-15,22H,7-10H2,1-2H3,(H,21,24)/t14-/m0/s1. The van der Waals surface area contributed by atoms with Gasteiger partial charge in [0.25, 0.3) is 0 Å². The molecular formula is C19H24FN3O3S2. The van der Waals surface area contributed by atoms with E-state index in [1.165, 1.54) is 17.4 Å². The van der Waals surface area contributed by atoms with Crippen molar-refractivity contribution >= 4 is 33.0 Å². The van der Waals surface area contributed by atoms with Gasteiger partial charge >= 0.3 is 0 Å². The summed E-state index contributed by atoms with van der Waals surface area (Å²) in [5.74, 6) is -0.565. The summed E-state index contributed by atoms with van der Waals surface area (Å²) in [6.45, 7) is 4.68. The third-order valence-electron chi connectivity index (χ3n) is 4.98. The van der Waals surface area contributed by atoms with E-state index in [0.29, 0.717) is 41.4 Å². The number of nitrogens with one attached hydrogen (secondary N) is 2. The van der Waals surface area contributed by atoms with Crippen molar-refractivity contribution in [1.29, 1.82) is 0 Å². The highest BCUT2D eigenvalue weighted by Crippen LogP contribution is 2.20. The fourth-order valence-corrected chi connectivity index (χ4v) is 5.50. The summed E-state index contributed by atoms with van der Waals surface area (Å²) >= 11 is 1.19. The third-order valence-corrected chi connectivity index (χ3v) is 7.90. The topological polar surface area (TPSA) is 78.5 Å². The number of hydrogen-bond donors (Lipinski definition) is 2. The van der Waals surface area contributed by atoms with Crippen molar-refractivity contribution in [3.63, 3.8) is 0 Å². The molecule has 1 atom stereocenters. The molecule has 1 saturated heterocycles. The van der Waals surface area contributed by atoms with Gasteiger partial charge in [0, 0.05) is 24.8 Å². The molecule has 152 valence electrons. The molecule has 0 unspecified atom stereocenters. The maximum atomic E-state index is 13.6. The lowest BCUT2D eigenvalue weighted by Gasteiger charge is -2.35. The van der Waals surface area contributed by atoms with Crippen LogP contribution in [0, 0.1) is 12.7 Å². The van der Waals surface area contributed by atoms with Gasteiger partial charge in [-0.1, -0.05) is 12.1 Å². The Morgan fingerprint density at radius 1 is 1.29 bits per heavy atom. The predicted molar refractivity (Wildman–Crippen MR) is 108 cm³/mol. The van der Waals surface area contributed by atoms with E-state index in [0.717, 1.165) is 0 Å². The van der Waals surface area contributed by atoms with E-state index >= 15 is 0 Å². The van der Waals surface area contributed by atoms with Crippen LogP contribution in [0.2, 0.25) is 0 Å². The summed E-state index contributed by atoms with van der Waals surface area (Å²) in [5.41, 5.74) is 0.955. The van der Waals surface area contributed by atoms with Crippen molar-refractivity contribution in [1.82, 2.24) is 9.62 Å². The van der Waals surface area contributed by atoms with Crippen LogP contribution in [-0.4, -0.2) is 44.4 Å². The quantitative estimate of drug-likeness (QED) is 0.746. The summed E-state index contributed by atoms with van der Waals surface area (Å²) in [4.78, 5) is 14.5. The minimum Gasteiger partial charge on any atom is -0.325 e. The van der Waals surface area contributed by atoms with Crippen molar-refractivity contribution in [3.05, 3.63) is 47.1 Å². The highest BCUT2D eigenvalue weighted by Gasteiger charge is 2.29. The second-order valence-corrected chi connectivity index (χ2v) is 9.88. The Morgan fingerprint density at radius 3 is 2.61 bits per heavy atom. The van der Waals surface area contributed by atoms with E-state index in [1.807, 2.05) is 4.90 Å². The van der Waals surface area contributed by atoms with E-state index in [9.17, 15) is 17.6 Å². The summed E-state index contributed by atoms with van der Waals surface area (Å²) in [7, 11) is -3.48. The van der Waals surface area contributed by atoms with Gasteiger partial charge in [-0.05, 0) is 55.8 Å². The van der Waals surface area contributed by atoms with Crippen LogP contribution < -0.4 is 10.0 Å². The lowest BCUT2D eigenvalue weighted by molar-refractivity contribution is -0.121. The van der Waals surface area contributed by atoms with Gasteiger partial charge in [-0.15, -0.1) is 11.3 Å². The number of amides is 1. The van der Waals surface area contributed by atoms with Gasteiger partial charge in [-0.25, -0.2) is 17.5 Å². The average Bonchev–Trinajstić information content (AvgIpc) is 3.20. The molecule has 1 aliphatic rings. The summed E-state index contributed by atoms with van der Waals surface area (Å²) in [5, 5.41) is 4.48. The molecule has 9 heteroatoms. The van der Waals surface area contributed by atoms with E-state index in [-0.39, 0.29) is 23.8 Å². The minimum atomic E-state index is -3.48. The Bertz CT molecular complexity index is 924. The van der Waals surface area contributed by atoms with Crippen molar-refractivity contribution in [3.8, 4) is 0 Å². The molecule has 0 saturated carbocycles. The number of halogens is 1. The first-order valence-electron chi connectivity index (χ1n) is 9.13. The van der Waals surface area contributed by atoms with Crippen molar-refractivity contribution in [2.24, 2.45) is 0 Å². The number of aryl methyl sites for hydroxylation is 1. The van der Waals surface area contributed by atoms with Gasteiger partial charge in [0.1, 0.15) is 10.0 Å². The van der Waals surface area contributed by atoms with Gasteiger partial charge in [0.05, 0.1) is 6.04 Å². The zero-order valence-corrected chi connectivity index (χ0v) is 17.4. The molecule has 0 aliphatic carbocycles. The van der Waals surface area contributed by atoms with Crippen molar-refractivity contribution in [2.45, 2.75) is 43.0 Å². The lowest BCUT2D eigenvalue weighted by atomic mass is 10.0. The van der Waals surface area contributed by atoms with Gasteiger partial charge in [-0.3, -0.25) is 9.69 Å². The van der Waals surface area contributed by atoms with Gasteiger partial charge in [-0.2, -0.15) is 0 Å². The van der Waals surface area contributed by atoms with Crippen molar-refractivity contribution < 1.29 is 17.6 Å². The van der Waals surface area contributed by atoms with E-state index in [4.69, 9.17) is 0 Å². The molecular weight excluding hydrogens is 401 g/mol. The fraction of sp³-hybridized carbons (Fsp3) is 0.421. The maximum absolute atomic E-state index is 13.6. The zero-order chi connectivity index (χ0) is 20.3. The smallest absolute Gasteiger partial charge is 0.250 e. The number of anilines is 1. The van der Waals surface area contributed by atoms with Crippen LogP contribution in [-0.2, 0) is 14.8 Å². The van der Waals surface area contributed by atoms with Crippen molar-refractivity contribution in [2.75, 3.05) is 18.4 Å². The van der Waals surface area contributed by atoms with Crippen LogP contribution in [0.15, 0.2) is 39.9 Å². The number of hydrogen-bond acceptors (Lipinski definition) is 5. The average molecular weight is 426 g/mol. The number of carbonyl (C=O) groups excluding carboxylic acids is 1. The molecule has 0 bridgehead atoms. The number of sulfonamides is 1. The number of nitrogens with zero attached hydrogens (tertiary/aromatic N) is 1. The molecule has 0 radical (unpaired) electrons. The van der Waals surface area contributed by atoms with Gasteiger partial charge in [0.15, 0.2) is 0 Å². The Balaban J connectivity index is 1.52. The maximum Gasteiger partial charge on any atom is 0.250 e. The van der Waals surface area contributed by atoms with Crippen LogP contribution in [0.1, 0.15) is 25.3 Å². The normalized spacial score (nSPS) is 17.4. The Hall–Kier alpha value is -1.81. The number of rotatable bonds is 6. The Morgan fingerprint density at radius 2 is 2.00 bits per heavy atom. The summed E-state index contributed by atoms with van der Waals surface area (Å²) < 4.78 is 41.4. The SMILES string of the molecule is Cc1ccc(NC(=O)[C@H](C)N2CCC(NS(=O)(=O)c3cccs3)CC2)cc1F. The Labute approximate surface area is 168 Å².